The molecule has 2 saturated carbocycles. The van der Waals surface area contributed by atoms with E-state index in [1.165, 1.54) is 5.56 Å². The van der Waals surface area contributed by atoms with E-state index >= 15 is 0 Å². The third kappa shape index (κ3) is 4.48. The Kier molecular flexibility index (Phi) is 5.96. The molecular formula is C25H25Cl2NO3. The first-order valence-electron chi connectivity index (χ1n) is 10.9. The predicted octanol–water partition coefficient (Wildman–Crippen LogP) is 7.47. The van der Waals surface area contributed by atoms with Crippen LogP contribution in [0.4, 0.5) is 0 Å². The lowest BCUT2D eigenvalue weighted by Gasteiger charge is -2.29. The molecule has 2 fully saturated rings. The molecule has 6 heteroatoms. The van der Waals surface area contributed by atoms with Crippen LogP contribution in [0.15, 0.2) is 47.0 Å². The summed E-state index contributed by atoms with van der Waals surface area (Å²) in [6.45, 7) is 0.459. The van der Waals surface area contributed by atoms with E-state index in [0.717, 1.165) is 55.4 Å². The van der Waals surface area contributed by atoms with Gasteiger partial charge in [0.05, 0.1) is 22.8 Å². The minimum atomic E-state index is 0.213. The minimum Gasteiger partial charge on any atom is -0.508 e. The van der Waals surface area contributed by atoms with Crippen LogP contribution in [-0.4, -0.2) is 16.4 Å². The molecular weight excluding hydrogens is 433 g/mol. The zero-order chi connectivity index (χ0) is 21.4. The molecule has 2 aromatic carbocycles. The Bertz CT molecular complexity index is 1030. The van der Waals surface area contributed by atoms with Gasteiger partial charge in [-0.25, -0.2) is 0 Å². The van der Waals surface area contributed by atoms with E-state index in [9.17, 15) is 5.11 Å². The summed E-state index contributed by atoms with van der Waals surface area (Å²) >= 11 is 12.9. The number of hydrogen-bond donors (Lipinski definition) is 1. The summed E-state index contributed by atoms with van der Waals surface area (Å²) in [6.07, 6.45) is 6.64. The average Bonchev–Trinajstić information content (AvgIpc) is 3.54. The maximum absolute atomic E-state index is 9.51. The Hall–Kier alpha value is -2.01. The van der Waals surface area contributed by atoms with Gasteiger partial charge in [0.15, 0.2) is 0 Å². The van der Waals surface area contributed by atoms with Crippen molar-refractivity contribution in [3.05, 3.63) is 69.4 Å². The lowest BCUT2D eigenvalue weighted by atomic mass is 9.83. The fourth-order valence-electron chi connectivity index (χ4n) is 4.56. The largest absolute Gasteiger partial charge is 0.508 e. The first-order chi connectivity index (χ1) is 15.1. The van der Waals surface area contributed by atoms with Crippen LogP contribution in [0.1, 0.15) is 67.2 Å². The molecule has 2 aliphatic rings. The zero-order valence-electron chi connectivity index (χ0n) is 17.2. The maximum atomic E-state index is 9.51. The maximum Gasteiger partial charge on any atom is 0.145 e. The van der Waals surface area contributed by atoms with Gasteiger partial charge in [0.25, 0.3) is 0 Å². The molecule has 3 aromatic rings. The molecule has 0 amide bonds. The van der Waals surface area contributed by atoms with Crippen LogP contribution in [0.2, 0.25) is 10.0 Å². The molecule has 5 rings (SSSR count). The van der Waals surface area contributed by atoms with E-state index in [0.29, 0.717) is 39.9 Å². The highest BCUT2D eigenvalue weighted by atomic mass is 35.5. The summed E-state index contributed by atoms with van der Waals surface area (Å²) in [5.41, 5.74) is 3.70. The molecule has 0 aliphatic heterocycles. The highest BCUT2D eigenvalue weighted by Gasteiger charge is 2.34. The van der Waals surface area contributed by atoms with E-state index in [4.69, 9.17) is 32.5 Å². The summed E-state index contributed by atoms with van der Waals surface area (Å²) in [5.74, 6) is 2.18. The second-order valence-corrected chi connectivity index (χ2v) is 9.44. The van der Waals surface area contributed by atoms with Crippen molar-refractivity contribution in [2.75, 3.05) is 0 Å². The van der Waals surface area contributed by atoms with E-state index in [-0.39, 0.29) is 6.10 Å². The number of aromatic nitrogens is 1. The number of benzene rings is 2. The number of rotatable bonds is 6. The van der Waals surface area contributed by atoms with Gasteiger partial charge in [-0.3, -0.25) is 0 Å². The lowest BCUT2D eigenvalue weighted by Crippen LogP contribution is -2.21. The normalized spacial score (nSPS) is 21.4. The van der Waals surface area contributed by atoms with Crippen molar-refractivity contribution < 1.29 is 14.4 Å². The number of halogens is 2. The van der Waals surface area contributed by atoms with Crippen molar-refractivity contribution in [1.29, 1.82) is 0 Å². The number of ether oxygens (including phenoxy) is 1. The van der Waals surface area contributed by atoms with Gasteiger partial charge in [-0.05, 0) is 74.3 Å². The fourth-order valence-corrected chi connectivity index (χ4v) is 5.14. The van der Waals surface area contributed by atoms with E-state index in [1.54, 1.807) is 12.1 Å². The van der Waals surface area contributed by atoms with Crippen molar-refractivity contribution in [3.63, 3.8) is 0 Å². The molecule has 1 N–H and O–H groups in total. The number of aromatic hydroxyl groups is 1. The quantitative estimate of drug-likeness (QED) is 0.416. The van der Waals surface area contributed by atoms with Gasteiger partial charge >= 0.3 is 0 Å². The standard InChI is InChI=1S/C25H25Cl2NO3/c26-21-2-1-3-22(27)23(21)24-20(25(31-28-24)17-4-5-17)14-30-19-12-8-16(9-13-19)15-6-10-18(29)11-7-15/h1-3,6-7,10-11,16-17,19,29H,4-5,8-9,12-14H2. The number of phenols is 1. The molecule has 162 valence electrons. The number of nitrogens with zero attached hydrogens (tertiary/aromatic N) is 1. The van der Waals surface area contributed by atoms with Crippen LogP contribution in [0, 0.1) is 0 Å². The van der Waals surface area contributed by atoms with Crippen LogP contribution < -0.4 is 0 Å². The number of phenolic OH excluding ortho intramolecular Hbond substituents is 1. The molecule has 0 unspecified atom stereocenters. The summed E-state index contributed by atoms with van der Waals surface area (Å²) < 4.78 is 12.1. The average molecular weight is 458 g/mol. The Morgan fingerprint density at radius 3 is 2.19 bits per heavy atom. The van der Waals surface area contributed by atoms with Gasteiger partial charge in [0.1, 0.15) is 17.2 Å². The SMILES string of the molecule is Oc1ccc(C2CCC(OCc3c(-c4c(Cl)cccc4Cl)noc3C3CC3)CC2)cc1. The van der Waals surface area contributed by atoms with Gasteiger partial charge in [-0.2, -0.15) is 0 Å². The van der Waals surface area contributed by atoms with Crippen LogP contribution in [-0.2, 0) is 11.3 Å². The highest BCUT2D eigenvalue weighted by molar-refractivity contribution is 6.39. The summed E-state index contributed by atoms with van der Waals surface area (Å²) in [5, 5.41) is 15.0. The monoisotopic (exact) mass is 457 g/mol. The van der Waals surface area contributed by atoms with Crippen molar-refractivity contribution in [2.24, 2.45) is 0 Å². The second-order valence-electron chi connectivity index (χ2n) is 8.62. The Balaban J connectivity index is 1.29. The number of hydrogen-bond acceptors (Lipinski definition) is 4. The van der Waals surface area contributed by atoms with Gasteiger partial charge in [-0.1, -0.05) is 46.6 Å². The second kappa shape index (κ2) is 8.85. The Morgan fingerprint density at radius 1 is 0.903 bits per heavy atom. The highest BCUT2D eigenvalue weighted by Crippen LogP contribution is 2.46. The third-order valence-electron chi connectivity index (χ3n) is 6.47. The van der Waals surface area contributed by atoms with Gasteiger partial charge in [0, 0.05) is 17.0 Å². The Labute approximate surface area is 192 Å². The molecule has 0 radical (unpaired) electrons. The van der Waals surface area contributed by atoms with Crippen molar-refractivity contribution in [1.82, 2.24) is 5.16 Å². The first-order valence-corrected chi connectivity index (χ1v) is 11.7. The molecule has 1 heterocycles. The van der Waals surface area contributed by atoms with Crippen LogP contribution in [0.5, 0.6) is 5.75 Å². The summed E-state index contributed by atoms with van der Waals surface area (Å²) in [6, 6.07) is 13.1. The van der Waals surface area contributed by atoms with Gasteiger partial charge < -0.3 is 14.4 Å². The molecule has 4 nitrogen and oxygen atoms in total. The van der Waals surface area contributed by atoms with Crippen molar-refractivity contribution in [2.45, 2.75) is 63.1 Å². The van der Waals surface area contributed by atoms with Crippen molar-refractivity contribution >= 4 is 23.2 Å². The van der Waals surface area contributed by atoms with E-state index in [1.807, 2.05) is 30.3 Å². The van der Waals surface area contributed by atoms with E-state index in [2.05, 4.69) is 5.16 Å². The minimum absolute atomic E-state index is 0.213. The van der Waals surface area contributed by atoms with Gasteiger partial charge in [-0.15, -0.1) is 0 Å². The molecule has 0 saturated heterocycles. The topological polar surface area (TPSA) is 55.5 Å². The molecule has 2 aliphatic carbocycles. The molecule has 0 spiro atoms. The Morgan fingerprint density at radius 2 is 1.55 bits per heavy atom. The van der Waals surface area contributed by atoms with Crippen LogP contribution in [0.25, 0.3) is 11.3 Å². The summed E-state index contributed by atoms with van der Waals surface area (Å²) in [4.78, 5) is 0. The molecule has 1 aromatic heterocycles. The molecule has 31 heavy (non-hydrogen) atoms. The lowest BCUT2D eigenvalue weighted by molar-refractivity contribution is 0.0129. The predicted molar refractivity (Wildman–Crippen MR) is 122 cm³/mol. The molecule has 0 bridgehead atoms. The van der Waals surface area contributed by atoms with Crippen molar-refractivity contribution in [3.8, 4) is 17.0 Å². The smallest absolute Gasteiger partial charge is 0.145 e. The third-order valence-corrected chi connectivity index (χ3v) is 7.10. The van der Waals surface area contributed by atoms with Gasteiger partial charge in [0.2, 0.25) is 0 Å². The van der Waals surface area contributed by atoms with E-state index < -0.39 is 0 Å². The first kappa shape index (κ1) is 20.9. The van der Waals surface area contributed by atoms with Crippen LogP contribution in [0.3, 0.4) is 0 Å². The summed E-state index contributed by atoms with van der Waals surface area (Å²) in [7, 11) is 0. The fraction of sp³-hybridized carbons (Fsp3) is 0.400. The van der Waals surface area contributed by atoms with Crippen LogP contribution >= 0.6 is 23.2 Å². The zero-order valence-corrected chi connectivity index (χ0v) is 18.7. The molecule has 0 atom stereocenters.